The van der Waals surface area contributed by atoms with Gasteiger partial charge in [-0.1, -0.05) is 24.6 Å². The fourth-order valence-electron chi connectivity index (χ4n) is 4.35. The molecule has 1 atom stereocenters. The van der Waals surface area contributed by atoms with Gasteiger partial charge in [0.2, 0.25) is 0 Å². The average molecular weight is 350 g/mol. The Balaban J connectivity index is 1.36. The molecule has 0 unspecified atom stereocenters. The van der Waals surface area contributed by atoms with Crippen LogP contribution in [-0.4, -0.2) is 31.3 Å². The standard InChI is InChI=1S/C21H26N4O/c26-21(16-5-2-6-16)19-12-18-14-24(10-3-11-25(18)23-19)13-17-7-1-4-15-8-9-22-20(15)17/h1,4,7-9,12,16,21-22,26H,2-3,5-6,10-11,13-14H2/t21-/m0/s1. The lowest BCUT2D eigenvalue weighted by Crippen LogP contribution is -2.23. The van der Waals surface area contributed by atoms with Crippen LogP contribution < -0.4 is 0 Å². The number of aromatic nitrogens is 3. The Morgan fingerprint density at radius 1 is 1.19 bits per heavy atom. The summed E-state index contributed by atoms with van der Waals surface area (Å²) in [6.07, 6.45) is 6.23. The van der Waals surface area contributed by atoms with E-state index >= 15 is 0 Å². The number of hydrogen-bond donors (Lipinski definition) is 2. The van der Waals surface area contributed by atoms with Crippen molar-refractivity contribution in [1.29, 1.82) is 0 Å². The second-order valence-electron chi connectivity index (χ2n) is 7.84. The number of H-pyrrole nitrogens is 1. The fraction of sp³-hybridized carbons (Fsp3) is 0.476. The van der Waals surface area contributed by atoms with Crippen molar-refractivity contribution < 1.29 is 5.11 Å². The van der Waals surface area contributed by atoms with E-state index in [0.717, 1.165) is 51.1 Å². The highest BCUT2D eigenvalue weighted by atomic mass is 16.3. The van der Waals surface area contributed by atoms with E-state index in [1.165, 1.54) is 28.6 Å². The summed E-state index contributed by atoms with van der Waals surface area (Å²) >= 11 is 0. The first-order chi connectivity index (χ1) is 12.8. The number of para-hydroxylation sites is 1. The van der Waals surface area contributed by atoms with E-state index in [1.807, 2.05) is 6.20 Å². The molecule has 1 aromatic carbocycles. The summed E-state index contributed by atoms with van der Waals surface area (Å²) in [4.78, 5) is 5.88. The van der Waals surface area contributed by atoms with Crippen LogP contribution in [0.2, 0.25) is 0 Å². The van der Waals surface area contributed by atoms with Gasteiger partial charge in [-0.3, -0.25) is 9.58 Å². The predicted molar refractivity (Wildman–Crippen MR) is 102 cm³/mol. The van der Waals surface area contributed by atoms with Gasteiger partial charge in [-0.2, -0.15) is 5.10 Å². The van der Waals surface area contributed by atoms with Crippen molar-refractivity contribution >= 4 is 10.9 Å². The summed E-state index contributed by atoms with van der Waals surface area (Å²) in [5.41, 5.74) is 4.69. The van der Waals surface area contributed by atoms with Gasteiger partial charge >= 0.3 is 0 Å². The van der Waals surface area contributed by atoms with Crippen LogP contribution in [0.25, 0.3) is 10.9 Å². The lowest BCUT2D eigenvalue weighted by molar-refractivity contribution is 0.0581. The quantitative estimate of drug-likeness (QED) is 0.756. The number of aryl methyl sites for hydroxylation is 1. The molecule has 0 bridgehead atoms. The molecular weight excluding hydrogens is 324 g/mol. The van der Waals surface area contributed by atoms with Crippen LogP contribution in [0.15, 0.2) is 36.5 Å². The minimum Gasteiger partial charge on any atom is -0.386 e. The van der Waals surface area contributed by atoms with E-state index in [2.05, 4.69) is 44.9 Å². The molecule has 5 heteroatoms. The van der Waals surface area contributed by atoms with Crippen LogP contribution in [-0.2, 0) is 19.6 Å². The normalized spacial score (nSPS) is 19.9. The van der Waals surface area contributed by atoms with Crippen LogP contribution >= 0.6 is 0 Å². The number of rotatable bonds is 4. The van der Waals surface area contributed by atoms with Crippen molar-refractivity contribution in [2.75, 3.05) is 6.54 Å². The number of hydrogen-bond acceptors (Lipinski definition) is 3. The Bertz CT molecular complexity index is 908. The van der Waals surface area contributed by atoms with Gasteiger partial charge in [0.1, 0.15) is 6.10 Å². The molecular formula is C21H26N4O. The molecule has 3 heterocycles. The molecule has 136 valence electrons. The molecule has 5 nitrogen and oxygen atoms in total. The number of aliphatic hydroxyl groups excluding tert-OH is 1. The van der Waals surface area contributed by atoms with Gasteiger partial charge in [0, 0.05) is 37.9 Å². The summed E-state index contributed by atoms with van der Waals surface area (Å²) in [6.45, 7) is 3.84. The number of fused-ring (bicyclic) bond motifs is 2. The summed E-state index contributed by atoms with van der Waals surface area (Å²) in [5, 5.41) is 16.6. The predicted octanol–water partition coefficient (Wildman–Crippen LogP) is 3.60. The van der Waals surface area contributed by atoms with Gasteiger partial charge in [-0.15, -0.1) is 0 Å². The maximum Gasteiger partial charge on any atom is 0.101 e. The molecule has 0 saturated heterocycles. The molecule has 0 spiro atoms. The first kappa shape index (κ1) is 16.1. The summed E-state index contributed by atoms with van der Waals surface area (Å²) in [6, 6.07) is 10.8. The van der Waals surface area contributed by atoms with Crippen LogP contribution in [0.5, 0.6) is 0 Å². The Kier molecular flexibility index (Phi) is 4.06. The number of aliphatic hydroxyl groups is 1. The van der Waals surface area contributed by atoms with E-state index in [0.29, 0.717) is 5.92 Å². The minimum absolute atomic E-state index is 0.385. The first-order valence-electron chi connectivity index (χ1n) is 9.80. The number of benzene rings is 1. The Morgan fingerprint density at radius 3 is 2.96 bits per heavy atom. The van der Waals surface area contributed by atoms with Crippen LogP contribution in [0.3, 0.4) is 0 Å². The van der Waals surface area contributed by atoms with Gasteiger partial charge in [-0.25, -0.2) is 0 Å². The van der Waals surface area contributed by atoms with Crippen molar-refractivity contribution in [2.24, 2.45) is 5.92 Å². The highest BCUT2D eigenvalue weighted by Crippen LogP contribution is 2.37. The van der Waals surface area contributed by atoms with Crippen molar-refractivity contribution in [3.05, 3.63) is 53.5 Å². The van der Waals surface area contributed by atoms with Gasteiger partial charge < -0.3 is 10.1 Å². The SMILES string of the molecule is O[C@H](c1cc2n(n1)CCCN(Cc1cccc3cc[nH]c13)C2)C1CCC1. The molecule has 0 amide bonds. The molecule has 1 saturated carbocycles. The zero-order valence-electron chi connectivity index (χ0n) is 15.1. The van der Waals surface area contributed by atoms with Crippen molar-refractivity contribution in [2.45, 2.75) is 51.4 Å². The zero-order chi connectivity index (χ0) is 17.5. The molecule has 26 heavy (non-hydrogen) atoms. The fourth-order valence-corrected chi connectivity index (χ4v) is 4.35. The topological polar surface area (TPSA) is 57.1 Å². The largest absolute Gasteiger partial charge is 0.386 e. The lowest BCUT2D eigenvalue weighted by atomic mass is 9.80. The number of aromatic amines is 1. The van der Waals surface area contributed by atoms with E-state index in [4.69, 9.17) is 5.10 Å². The Labute approximate surface area is 153 Å². The smallest absolute Gasteiger partial charge is 0.101 e. The third kappa shape index (κ3) is 2.85. The Hall–Kier alpha value is -2.11. The highest BCUT2D eigenvalue weighted by molar-refractivity contribution is 5.82. The molecule has 0 radical (unpaired) electrons. The monoisotopic (exact) mass is 350 g/mol. The molecule has 1 aliphatic carbocycles. The van der Waals surface area contributed by atoms with Gasteiger partial charge in [0.05, 0.1) is 11.4 Å². The number of nitrogens with zero attached hydrogens (tertiary/aromatic N) is 3. The van der Waals surface area contributed by atoms with E-state index < -0.39 is 0 Å². The van der Waals surface area contributed by atoms with Crippen molar-refractivity contribution in [1.82, 2.24) is 19.7 Å². The molecule has 2 aromatic heterocycles. The lowest BCUT2D eigenvalue weighted by Gasteiger charge is -2.29. The average Bonchev–Trinajstić information content (AvgIpc) is 3.17. The summed E-state index contributed by atoms with van der Waals surface area (Å²) in [5.74, 6) is 0.413. The second kappa shape index (κ2) is 6.56. The van der Waals surface area contributed by atoms with Gasteiger partial charge in [-0.05, 0) is 48.3 Å². The van der Waals surface area contributed by atoms with Crippen LogP contribution in [0.4, 0.5) is 0 Å². The second-order valence-corrected chi connectivity index (χ2v) is 7.84. The van der Waals surface area contributed by atoms with Gasteiger partial charge in [0.15, 0.2) is 0 Å². The highest BCUT2D eigenvalue weighted by Gasteiger charge is 2.29. The summed E-state index contributed by atoms with van der Waals surface area (Å²) in [7, 11) is 0. The maximum atomic E-state index is 10.6. The van der Waals surface area contributed by atoms with Gasteiger partial charge in [0.25, 0.3) is 0 Å². The van der Waals surface area contributed by atoms with Crippen LogP contribution in [0, 0.1) is 5.92 Å². The van der Waals surface area contributed by atoms with E-state index in [1.54, 1.807) is 0 Å². The third-order valence-electron chi connectivity index (χ3n) is 6.08. The molecule has 2 N–H and O–H groups in total. The molecule has 1 fully saturated rings. The maximum absolute atomic E-state index is 10.6. The van der Waals surface area contributed by atoms with Crippen molar-refractivity contribution in [3.63, 3.8) is 0 Å². The minimum atomic E-state index is -0.385. The molecule has 2 aliphatic rings. The molecule has 3 aromatic rings. The van der Waals surface area contributed by atoms with E-state index in [9.17, 15) is 5.11 Å². The summed E-state index contributed by atoms with van der Waals surface area (Å²) < 4.78 is 2.12. The zero-order valence-corrected chi connectivity index (χ0v) is 15.1. The molecule has 1 aliphatic heterocycles. The number of nitrogens with one attached hydrogen (secondary N) is 1. The first-order valence-corrected chi connectivity index (χ1v) is 9.80. The third-order valence-corrected chi connectivity index (χ3v) is 6.08. The van der Waals surface area contributed by atoms with Crippen LogP contribution in [0.1, 0.15) is 48.7 Å². The Morgan fingerprint density at radius 2 is 2.12 bits per heavy atom. The van der Waals surface area contributed by atoms with Crippen molar-refractivity contribution in [3.8, 4) is 0 Å². The van der Waals surface area contributed by atoms with E-state index in [-0.39, 0.29) is 6.10 Å². The molecule has 5 rings (SSSR count).